The molecule has 0 atom stereocenters. The molecule has 9 nitrogen and oxygen atoms in total. The van der Waals surface area contributed by atoms with Crippen LogP contribution in [0.15, 0.2) is 48.8 Å². The lowest BCUT2D eigenvalue weighted by molar-refractivity contribution is -0.138. The number of aliphatic hydroxyl groups excluding tert-OH is 1. The molecule has 4 aromatic rings. The van der Waals surface area contributed by atoms with Crippen molar-refractivity contribution in [2.75, 3.05) is 29.9 Å². The third-order valence-corrected chi connectivity index (χ3v) is 9.60. The highest BCUT2D eigenvalue weighted by atomic mass is 19.4. The fraction of sp³-hybridized carbons (Fsp3) is 0.429. The number of pyridine rings is 1. The van der Waals surface area contributed by atoms with Crippen LogP contribution in [0.2, 0.25) is 0 Å². The van der Waals surface area contributed by atoms with Gasteiger partial charge in [0.05, 0.1) is 18.7 Å². The van der Waals surface area contributed by atoms with E-state index >= 15 is 0 Å². The Morgan fingerprint density at radius 3 is 2.47 bits per heavy atom. The van der Waals surface area contributed by atoms with Crippen molar-refractivity contribution in [1.29, 1.82) is 0 Å². The van der Waals surface area contributed by atoms with E-state index in [0.717, 1.165) is 25.1 Å². The number of fused-ring (bicyclic) bond motifs is 1. The van der Waals surface area contributed by atoms with Crippen LogP contribution in [-0.2, 0) is 32.9 Å². The van der Waals surface area contributed by atoms with E-state index in [1.807, 2.05) is 25.2 Å². The standard InChI is InChI=1S/C35H38F3N7O2/c1-21(2)15-39-30-13-24(26-10-22(18-46)4-5-25(26)32-42-40-20-43(32)3)14-31(41-30)45-17-28-27(33(45)47)11-23(12-29(28)35(36,37)38)16-44-9-8-34(19-44)6-7-34/h4-5,10-14,20-21,46H,6-9,15-19H2,1-3H3,(H,39,41). The third-order valence-electron chi connectivity index (χ3n) is 9.60. The Morgan fingerprint density at radius 2 is 1.81 bits per heavy atom. The van der Waals surface area contributed by atoms with E-state index in [1.54, 1.807) is 29.1 Å². The molecule has 2 aromatic carbocycles. The lowest BCUT2D eigenvalue weighted by Gasteiger charge is -2.20. The van der Waals surface area contributed by atoms with Crippen molar-refractivity contribution in [3.8, 4) is 22.5 Å². The number of benzene rings is 2. The maximum Gasteiger partial charge on any atom is 0.416 e. The van der Waals surface area contributed by atoms with E-state index in [4.69, 9.17) is 4.98 Å². The van der Waals surface area contributed by atoms with E-state index in [9.17, 15) is 23.1 Å². The predicted molar refractivity (Wildman–Crippen MR) is 172 cm³/mol. The van der Waals surface area contributed by atoms with Gasteiger partial charge in [0.2, 0.25) is 0 Å². The van der Waals surface area contributed by atoms with E-state index in [2.05, 4.69) is 34.3 Å². The molecule has 12 heteroatoms. The summed E-state index contributed by atoms with van der Waals surface area (Å²) in [5, 5.41) is 21.6. The van der Waals surface area contributed by atoms with Crippen LogP contribution in [0, 0.1) is 11.3 Å². The van der Waals surface area contributed by atoms with E-state index in [-0.39, 0.29) is 36.0 Å². The van der Waals surface area contributed by atoms with Gasteiger partial charge in [-0.2, -0.15) is 13.2 Å². The number of nitrogens with zero attached hydrogens (tertiary/aromatic N) is 6. The first-order valence-electron chi connectivity index (χ1n) is 16.0. The van der Waals surface area contributed by atoms with Crippen molar-refractivity contribution in [2.24, 2.45) is 18.4 Å². The van der Waals surface area contributed by atoms with Crippen molar-refractivity contribution in [3.05, 3.63) is 76.6 Å². The van der Waals surface area contributed by atoms with Gasteiger partial charge in [-0.3, -0.25) is 14.6 Å². The highest BCUT2D eigenvalue weighted by Crippen LogP contribution is 2.53. The summed E-state index contributed by atoms with van der Waals surface area (Å²) in [5.41, 5.74) is 2.90. The molecule has 2 aliphatic heterocycles. The molecule has 1 amide bonds. The molecule has 7 rings (SSSR count). The van der Waals surface area contributed by atoms with Crippen LogP contribution in [0.5, 0.6) is 0 Å². The maximum absolute atomic E-state index is 14.5. The second-order valence-corrected chi connectivity index (χ2v) is 13.7. The lowest BCUT2D eigenvalue weighted by atomic mass is 9.97. The van der Waals surface area contributed by atoms with Gasteiger partial charge in [0, 0.05) is 37.8 Å². The van der Waals surface area contributed by atoms with Gasteiger partial charge in [0.25, 0.3) is 5.91 Å². The molecular weight excluding hydrogens is 607 g/mol. The highest BCUT2D eigenvalue weighted by molar-refractivity contribution is 6.10. The number of aliphatic hydroxyl groups is 1. The van der Waals surface area contributed by atoms with Crippen molar-refractivity contribution in [3.63, 3.8) is 0 Å². The van der Waals surface area contributed by atoms with Gasteiger partial charge in [0.15, 0.2) is 5.82 Å². The Kier molecular flexibility index (Phi) is 7.83. The Balaban J connectivity index is 1.30. The molecule has 0 bridgehead atoms. The van der Waals surface area contributed by atoms with Crippen molar-refractivity contribution < 1.29 is 23.1 Å². The van der Waals surface area contributed by atoms with Gasteiger partial charge < -0.3 is 15.0 Å². The molecule has 1 saturated heterocycles. The second kappa shape index (κ2) is 11.7. The van der Waals surface area contributed by atoms with E-state index in [0.29, 0.717) is 52.4 Å². The normalized spacial score (nSPS) is 17.3. The van der Waals surface area contributed by atoms with Gasteiger partial charge in [-0.25, -0.2) is 4.98 Å². The minimum absolute atomic E-state index is 0.0303. The molecule has 2 fully saturated rings. The topological polar surface area (TPSA) is 99.4 Å². The molecule has 4 heterocycles. The Bertz CT molecular complexity index is 1850. The van der Waals surface area contributed by atoms with Crippen LogP contribution in [0.4, 0.5) is 24.8 Å². The first kappa shape index (κ1) is 31.3. The monoisotopic (exact) mass is 645 g/mol. The molecule has 246 valence electrons. The molecule has 1 aliphatic carbocycles. The summed E-state index contributed by atoms with van der Waals surface area (Å²) in [6.45, 7) is 6.39. The molecule has 0 unspecified atom stereocenters. The summed E-state index contributed by atoms with van der Waals surface area (Å²) >= 11 is 0. The number of nitrogens with one attached hydrogen (secondary N) is 1. The number of anilines is 2. The summed E-state index contributed by atoms with van der Waals surface area (Å²) in [6.07, 6.45) is 0.408. The summed E-state index contributed by atoms with van der Waals surface area (Å²) in [7, 11) is 1.83. The number of hydrogen-bond donors (Lipinski definition) is 2. The number of aryl methyl sites for hydroxylation is 1. The summed E-state index contributed by atoms with van der Waals surface area (Å²) in [4.78, 5) is 22.3. The Hall–Kier alpha value is -4.29. The average Bonchev–Trinajstić information content (AvgIpc) is 3.29. The zero-order chi connectivity index (χ0) is 33.1. The Morgan fingerprint density at radius 1 is 1.02 bits per heavy atom. The number of aromatic nitrogens is 4. The zero-order valence-corrected chi connectivity index (χ0v) is 26.7. The number of amides is 1. The second-order valence-electron chi connectivity index (χ2n) is 13.7. The van der Waals surface area contributed by atoms with Crippen LogP contribution in [0.25, 0.3) is 22.5 Å². The fourth-order valence-electron chi connectivity index (χ4n) is 6.86. The number of rotatable bonds is 9. The highest BCUT2D eigenvalue weighted by Gasteiger charge is 2.47. The maximum atomic E-state index is 14.5. The van der Waals surface area contributed by atoms with Crippen LogP contribution in [0.1, 0.15) is 65.7 Å². The largest absolute Gasteiger partial charge is 0.416 e. The molecule has 3 aliphatic rings. The van der Waals surface area contributed by atoms with Gasteiger partial charge in [-0.05, 0) is 95.3 Å². The van der Waals surface area contributed by atoms with Gasteiger partial charge in [-0.1, -0.05) is 26.0 Å². The molecule has 47 heavy (non-hydrogen) atoms. The number of carbonyl (C=O) groups excluding carboxylic acids is 1. The molecule has 2 aromatic heterocycles. The summed E-state index contributed by atoms with van der Waals surface area (Å²) in [6, 6.07) is 11.9. The third kappa shape index (κ3) is 6.12. The first-order valence-corrected chi connectivity index (χ1v) is 16.0. The molecule has 1 spiro atoms. The zero-order valence-electron chi connectivity index (χ0n) is 26.7. The van der Waals surface area contributed by atoms with Crippen molar-refractivity contribution in [1.82, 2.24) is 24.6 Å². The number of halogens is 3. The first-order chi connectivity index (χ1) is 22.4. The van der Waals surface area contributed by atoms with Gasteiger partial charge >= 0.3 is 6.18 Å². The van der Waals surface area contributed by atoms with Crippen molar-refractivity contribution in [2.45, 2.75) is 59.0 Å². The number of hydrogen-bond acceptors (Lipinski definition) is 7. The predicted octanol–water partition coefficient (Wildman–Crippen LogP) is 6.27. The number of carbonyl (C=O) groups is 1. The molecule has 0 radical (unpaired) electrons. The molecule has 1 saturated carbocycles. The molecule has 2 N–H and O–H groups in total. The van der Waals surface area contributed by atoms with Crippen molar-refractivity contribution >= 4 is 17.5 Å². The summed E-state index contributed by atoms with van der Waals surface area (Å²) in [5.74, 6) is 1.08. The lowest BCUT2D eigenvalue weighted by Crippen LogP contribution is -2.25. The Labute approximate surface area is 271 Å². The molecular formula is C35H38F3N7O2. The van der Waals surface area contributed by atoms with Crippen LogP contribution in [-0.4, -0.2) is 55.3 Å². The van der Waals surface area contributed by atoms with Crippen LogP contribution >= 0.6 is 0 Å². The van der Waals surface area contributed by atoms with Crippen LogP contribution < -0.4 is 10.2 Å². The minimum Gasteiger partial charge on any atom is -0.392 e. The van der Waals surface area contributed by atoms with E-state index in [1.165, 1.54) is 23.8 Å². The SMILES string of the molecule is CC(C)CNc1cc(-c2cc(CO)ccc2-c2nncn2C)cc(N2Cc3c(cc(CN4CCC5(CC5)C4)cc3C(F)(F)F)C2=O)n1. The van der Waals surface area contributed by atoms with Gasteiger partial charge in [-0.15, -0.1) is 10.2 Å². The average molecular weight is 646 g/mol. The summed E-state index contributed by atoms with van der Waals surface area (Å²) < 4.78 is 45.4. The van der Waals surface area contributed by atoms with E-state index < -0.39 is 17.6 Å². The number of likely N-dealkylation sites (tertiary alicyclic amines) is 1. The fourth-order valence-corrected chi connectivity index (χ4v) is 6.86. The minimum atomic E-state index is -4.62. The number of alkyl halides is 3. The van der Waals surface area contributed by atoms with Crippen LogP contribution in [0.3, 0.4) is 0 Å². The smallest absolute Gasteiger partial charge is 0.392 e. The quantitative estimate of drug-likeness (QED) is 0.221. The van der Waals surface area contributed by atoms with Gasteiger partial charge in [0.1, 0.15) is 18.0 Å².